The van der Waals surface area contributed by atoms with E-state index in [4.69, 9.17) is 9.15 Å². The van der Waals surface area contributed by atoms with Crippen molar-refractivity contribution >= 4 is 31.9 Å². The monoisotopic (exact) mass is 401 g/mol. The maximum Gasteiger partial charge on any atom is 0.129 e. The Morgan fingerprint density at radius 1 is 1.25 bits per heavy atom. The molecule has 1 aromatic carbocycles. The molecule has 0 aliphatic rings. The molecule has 3 nitrogen and oxygen atoms in total. The molecule has 20 heavy (non-hydrogen) atoms. The topological polar surface area (TPSA) is 34.4 Å². The molecular formula is C15H17Br2NO2. The van der Waals surface area contributed by atoms with Crippen LogP contribution in [-0.2, 0) is 11.3 Å². The summed E-state index contributed by atoms with van der Waals surface area (Å²) in [5.74, 6) is 1.72. The van der Waals surface area contributed by atoms with Crippen LogP contribution in [-0.4, -0.2) is 13.7 Å². The van der Waals surface area contributed by atoms with Crippen LogP contribution in [0.1, 0.15) is 30.0 Å². The highest BCUT2D eigenvalue weighted by molar-refractivity contribution is 9.11. The number of methoxy groups -OCH3 is 1. The van der Waals surface area contributed by atoms with Gasteiger partial charge in [-0.15, -0.1) is 0 Å². The van der Waals surface area contributed by atoms with Gasteiger partial charge in [0.1, 0.15) is 18.1 Å². The van der Waals surface area contributed by atoms with Gasteiger partial charge in [-0.1, -0.05) is 38.8 Å². The molecule has 1 N–H and O–H groups in total. The van der Waals surface area contributed by atoms with Gasteiger partial charge in [-0.25, -0.2) is 0 Å². The Morgan fingerprint density at radius 2 is 2.05 bits per heavy atom. The number of halogens is 2. The van der Waals surface area contributed by atoms with E-state index < -0.39 is 0 Å². The van der Waals surface area contributed by atoms with E-state index in [0.717, 1.165) is 32.6 Å². The van der Waals surface area contributed by atoms with Crippen molar-refractivity contribution in [2.75, 3.05) is 13.7 Å². The second-order valence-electron chi connectivity index (χ2n) is 4.39. The van der Waals surface area contributed by atoms with Crippen LogP contribution in [0.15, 0.2) is 43.7 Å². The first-order chi connectivity index (χ1) is 9.65. The van der Waals surface area contributed by atoms with Gasteiger partial charge in [-0.05, 0) is 42.4 Å². The van der Waals surface area contributed by atoms with Crippen LogP contribution >= 0.6 is 31.9 Å². The Balaban J connectivity index is 2.36. The molecule has 0 fully saturated rings. The van der Waals surface area contributed by atoms with Crippen molar-refractivity contribution in [2.45, 2.75) is 19.6 Å². The average Bonchev–Trinajstić information content (AvgIpc) is 2.88. The lowest BCUT2D eigenvalue weighted by molar-refractivity contribution is 0.162. The summed E-state index contributed by atoms with van der Waals surface area (Å²) < 4.78 is 13.1. The molecule has 0 aliphatic heterocycles. The number of hydrogen-bond donors (Lipinski definition) is 1. The summed E-state index contributed by atoms with van der Waals surface area (Å²) in [5.41, 5.74) is 1.14. The highest BCUT2D eigenvalue weighted by Crippen LogP contribution is 2.32. The van der Waals surface area contributed by atoms with E-state index in [1.807, 2.05) is 24.3 Å². The molecule has 0 saturated carbocycles. The maximum absolute atomic E-state index is 5.86. The molecule has 2 rings (SSSR count). The highest BCUT2D eigenvalue weighted by atomic mass is 79.9. The normalized spacial score (nSPS) is 12.6. The van der Waals surface area contributed by atoms with Gasteiger partial charge in [-0.3, -0.25) is 0 Å². The molecule has 0 bridgehead atoms. The number of nitrogens with one attached hydrogen (secondary N) is 1. The van der Waals surface area contributed by atoms with Crippen LogP contribution < -0.4 is 5.32 Å². The van der Waals surface area contributed by atoms with Crippen molar-refractivity contribution in [3.63, 3.8) is 0 Å². The Bertz CT molecular complexity index is 569. The van der Waals surface area contributed by atoms with Crippen molar-refractivity contribution in [3.05, 3.63) is 56.4 Å². The third-order valence-corrected chi connectivity index (χ3v) is 4.15. The fourth-order valence-corrected chi connectivity index (χ4v) is 2.93. The molecule has 0 saturated heterocycles. The zero-order valence-corrected chi connectivity index (χ0v) is 14.6. The Kier molecular flexibility index (Phi) is 5.84. The van der Waals surface area contributed by atoms with E-state index >= 15 is 0 Å². The Hall–Kier alpha value is -0.620. The van der Waals surface area contributed by atoms with E-state index in [1.54, 1.807) is 7.11 Å². The van der Waals surface area contributed by atoms with E-state index in [9.17, 15) is 0 Å². The number of furan rings is 1. The van der Waals surface area contributed by atoms with Crippen molar-refractivity contribution < 1.29 is 9.15 Å². The predicted octanol–water partition coefficient (Wildman–Crippen LogP) is 4.65. The lowest BCUT2D eigenvalue weighted by Gasteiger charge is -2.18. The minimum Gasteiger partial charge on any atom is -0.462 e. The highest BCUT2D eigenvalue weighted by Gasteiger charge is 2.19. The largest absolute Gasteiger partial charge is 0.462 e. The van der Waals surface area contributed by atoms with Crippen LogP contribution in [0.25, 0.3) is 0 Å². The quantitative estimate of drug-likeness (QED) is 0.763. The van der Waals surface area contributed by atoms with Gasteiger partial charge >= 0.3 is 0 Å². The number of ether oxygens (including phenoxy) is 1. The lowest BCUT2D eigenvalue weighted by atomic mass is 10.0. The van der Waals surface area contributed by atoms with Gasteiger partial charge in [-0.2, -0.15) is 0 Å². The van der Waals surface area contributed by atoms with Gasteiger partial charge in [0.2, 0.25) is 0 Å². The number of rotatable bonds is 6. The third-order valence-electron chi connectivity index (χ3n) is 2.93. The first-order valence-electron chi connectivity index (χ1n) is 6.41. The zero-order valence-electron chi connectivity index (χ0n) is 11.5. The lowest BCUT2D eigenvalue weighted by Crippen LogP contribution is -2.22. The van der Waals surface area contributed by atoms with Gasteiger partial charge in [0.05, 0.1) is 6.04 Å². The minimum atomic E-state index is 0.0116. The molecule has 0 radical (unpaired) electrons. The molecule has 1 heterocycles. The Morgan fingerprint density at radius 3 is 2.75 bits per heavy atom. The molecule has 108 valence electrons. The molecule has 0 amide bonds. The fourth-order valence-electron chi connectivity index (χ4n) is 2.07. The van der Waals surface area contributed by atoms with E-state index in [0.29, 0.717) is 6.61 Å². The van der Waals surface area contributed by atoms with Crippen LogP contribution in [0.5, 0.6) is 0 Å². The van der Waals surface area contributed by atoms with Gasteiger partial charge in [0.25, 0.3) is 0 Å². The summed E-state index contributed by atoms with van der Waals surface area (Å²) in [5, 5.41) is 3.45. The maximum atomic E-state index is 5.86. The van der Waals surface area contributed by atoms with Crippen molar-refractivity contribution in [1.82, 2.24) is 5.32 Å². The average molecular weight is 403 g/mol. The zero-order chi connectivity index (χ0) is 14.5. The van der Waals surface area contributed by atoms with Crippen LogP contribution in [0.4, 0.5) is 0 Å². The van der Waals surface area contributed by atoms with Crippen molar-refractivity contribution in [1.29, 1.82) is 0 Å². The van der Waals surface area contributed by atoms with E-state index in [-0.39, 0.29) is 6.04 Å². The summed E-state index contributed by atoms with van der Waals surface area (Å²) in [4.78, 5) is 0. The fraction of sp³-hybridized carbons (Fsp3) is 0.333. The summed E-state index contributed by atoms with van der Waals surface area (Å²) in [7, 11) is 1.66. The van der Waals surface area contributed by atoms with Crippen LogP contribution in [0.2, 0.25) is 0 Å². The molecule has 0 spiro atoms. The SMILES string of the molecule is CCNC(c1ccc(COC)o1)c1cc(Br)ccc1Br. The first-order valence-corrected chi connectivity index (χ1v) is 8.00. The van der Waals surface area contributed by atoms with Crippen molar-refractivity contribution in [3.8, 4) is 0 Å². The molecule has 1 atom stereocenters. The summed E-state index contributed by atoms with van der Waals surface area (Å²) in [6.45, 7) is 3.42. The van der Waals surface area contributed by atoms with Crippen LogP contribution in [0, 0.1) is 0 Å². The second-order valence-corrected chi connectivity index (χ2v) is 6.16. The second kappa shape index (κ2) is 7.41. The molecule has 2 aromatic rings. The Labute approximate surface area is 136 Å². The van der Waals surface area contributed by atoms with Gasteiger partial charge in [0, 0.05) is 16.1 Å². The van der Waals surface area contributed by atoms with Gasteiger partial charge < -0.3 is 14.5 Å². The van der Waals surface area contributed by atoms with E-state index in [2.05, 4.69) is 50.2 Å². The summed E-state index contributed by atoms with van der Waals surface area (Å²) >= 11 is 7.13. The van der Waals surface area contributed by atoms with Gasteiger partial charge in [0.15, 0.2) is 0 Å². The molecule has 5 heteroatoms. The number of benzene rings is 1. The molecule has 0 aliphatic carbocycles. The van der Waals surface area contributed by atoms with E-state index in [1.165, 1.54) is 0 Å². The molecular weight excluding hydrogens is 386 g/mol. The standard InChI is InChI=1S/C15H17Br2NO2/c1-3-18-15(12-8-10(16)4-6-13(12)17)14-7-5-11(20-14)9-19-2/h4-8,15,18H,3,9H2,1-2H3. The van der Waals surface area contributed by atoms with Crippen LogP contribution in [0.3, 0.4) is 0 Å². The first kappa shape index (κ1) is 15.8. The summed E-state index contributed by atoms with van der Waals surface area (Å²) in [6, 6.07) is 10.1. The predicted molar refractivity (Wildman–Crippen MR) is 86.8 cm³/mol. The smallest absolute Gasteiger partial charge is 0.129 e. The minimum absolute atomic E-state index is 0.0116. The third kappa shape index (κ3) is 3.73. The molecule has 1 aromatic heterocycles. The van der Waals surface area contributed by atoms with Crippen molar-refractivity contribution in [2.24, 2.45) is 0 Å². The number of hydrogen-bond acceptors (Lipinski definition) is 3. The summed E-state index contributed by atoms with van der Waals surface area (Å²) in [6.07, 6.45) is 0. The molecule has 1 unspecified atom stereocenters.